The van der Waals surface area contributed by atoms with Crippen molar-refractivity contribution >= 4 is 5.82 Å². The Morgan fingerprint density at radius 1 is 1.24 bits per heavy atom. The molecule has 1 N–H and O–H groups in total. The van der Waals surface area contributed by atoms with Crippen LogP contribution in [0.2, 0.25) is 0 Å². The molecule has 1 fully saturated rings. The van der Waals surface area contributed by atoms with E-state index < -0.39 is 0 Å². The first-order chi connectivity index (χ1) is 10.3. The molecule has 0 saturated carbocycles. The Bertz CT molecular complexity index is 405. The molecule has 2 heterocycles. The molecule has 1 aromatic heterocycles. The number of hydrogen-bond donors (Lipinski definition) is 1. The monoisotopic (exact) mass is 289 g/mol. The molecule has 0 spiro atoms. The summed E-state index contributed by atoms with van der Waals surface area (Å²) in [4.78, 5) is 7.19. The quantitative estimate of drug-likeness (QED) is 0.769. The SMILES string of the molecule is CCCNCc1cccnc1N1CCCC(CCC)CC1. The molecule has 21 heavy (non-hydrogen) atoms. The first kappa shape index (κ1) is 16.3. The van der Waals surface area contributed by atoms with Gasteiger partial charge in [0.05, 0.1) is 0 Å². The van der Waals surface area contributed by atoms with E-state index in [4.69, 9.17) is 0 Å². The van der Waals surface area contributed by atoms with E-state index in [1.807, 2.05) is 6.20 Å². The lowest BCUT2D eigenvalue weighted by atomic mass is 9.96. The maximum atomic E-state index is 4.68. The molecular weight excluding hydrogens is 258 g/mol. The van der Waals surface area contributed by atoms with Gasteiger partial charge in [0.2, 0.25) is 0 Å². The Kier molecular flexibility index (Phi) is 7.01. The second-order valence-corrected chi connectivity index (χ2v) is 6.24. The summed E-state index contributed by atoms with van der Waals surface area (Å²) in [5, 5.41) is 3.51. The molecule has 1 atom stereocenters. The molecule has 2 rings (SSSR count). The van der Waals surface area contributed by atoms with Crippen LogP contribution in [0.5, 0.6) is 0 Å². The molecule has 1 unspecified atom stereocenters. The Balaban J connectivity index is 2.00. The molecule has 0 aliphatic carbocycles. The normalized spacial score (nSPS) is 19.5. The molecule has 1 aliphatic rings. The lowest BCUT2D eigenvalue weighted by molar-refractivity contribution is 0.435. The highest BCUT2D eigenvalue weighted by Gasteiger charge is 2.19. The average Bonchev–Trinajstić information content (AvgIpc) is 2.74. The molecule has 118 valence electrons. The number of aromatic nitrogens is 1. The summed E-state index contributed by atoms with van der Waals surface area (Å²) in [5.41, 5.74) is 1.35. The number of hydrogen-bond acceptors (Lipinski definition) is 3. The highest BCUT2D eigenvalue weighted by atomic mass is 15.2. The van der Waals surface area contributed by atoms with Crippen molar-refractivity contribution < 1.29 is 0 Å². The van der Waals surface area contributed by atoms with Gasteiger partial charge in [0.25, 0.3) is 0 Å². The Morgan fingerprint density at radius 2 is 2.14 bits per heavy atom. The largest absolute Gasteiger partial charge is 0.356 e. The fraction of sp³-hybridized carbons (Fsp3) is 0.722. The predicted molar refractivity (Wildman–Crippen MR) is 90.7 cm³/mol. The van der Waals surface area contributed by atoms with Crippen LogP contribution in [0.1, 0.15) is 57.9 Å². The van der Waals surface area contributed by atoms with Crippen molar-refractivity contribution in [3.05, 3.63) is 23.9 Å². The van der Waals surface area contributed by atoms with E-state index in [0.717, 1.165) is 25.6 Å². The summed E-state index contributed by atoms with van der Waals surface area (Å²) < 4.78 is 0. The summed E-state index contributed by atoms with van der Waals surface area (Å²) in [6.07, 6.45) is 9.85. The molecule has 1 saturated heterocycles. The Morgan fingerprint density at radius 3 is 2.95 bits per heavy atom. The van der Waals surface area contributed by atoms with Gasteiger partial charge in [0, 0.05) is 31.4 Å². The molecule has 3 heteroatoms. The number of rotatable bonds is 7. The van der Waals surface area contributed by atoms with Crippen LogP contribution in [0.4, 0.5) is 5.82 Å². The van der Waals surface area contributed by atoms with E-state index in [1.165, 1.54) is 56.5 Å². The van der Waals surface area contributed by atoms with Crippen LogP contribution >= 0.6 is 0 Å². The third-order valence-corrected chi connectivity index (χ3v) is 4.45. The zero-order chi connectivity index (χ0) is 14.9. The third kappa shape index (κ3) is 4.99. The molecule has 1 aromatic rings. The van der Waals surface area contributed by atoms with Gasteiger partial charge < -0.3 is 10.2 Å². The van der Waals surface area contributed by atoms with Crippen LogP contribution in [-0.2, 0) is 6.54 Å². The van der Waals surface area contributed by atoms with Gasteiger partial charge in [-0.15, -0.1) is 0 Å². The van der Waals surface area contributed by atoms with Crippen LogP contribution < -0.4 is 10.2 Å². The van der Waals surface area contributed by atoms with Crippen LogP contribution in [0.25, 0.3) is 0 Å². The van der Waals surface area contributed by atoms with Gasteiger partial charge in [-0.2, -0.15) is 0 Å². The lowest BCUT2D eigenvalue weighted by Gasteiger charge is -2.24. The van der Waals surface area contributed by atoms with E-state index in [-0.39, 0.29) is 0 Å². The van der Waals surface area contributed by atoms with E-state index in [2.05, 4.69) is 41.2 Å². The molecule has 1 aliphatic heterocycles. The highest BCUT2D eigenvalue weighted by molar-refractivity contribution is 5.46. The van der Waals surface area contributed by atoms with Gasteiger partial charge in [-0.25, -0.2) is 4.98 Å². The van der Waals surface area contributed by atoms with Crippen molar-refractivity contribution in [2.24, 2.45) is 5.92 Å². The third-order valence-electron chi connectivity index (χ3n) is 4.45. The van der Waals surface area contributed by atoms with E-state index in [9.17, 15) is 0 Å². The molecular formula is C18H31N3. The first-order valence-corrected chi connectivity index (χ1v) is 8.74. The summed E-state index contributed by atoms with van der Waals surface area (Å²) >= 11 is 0. The average molecular weight is 289 g/mol. The highest BCUT2D eigenvalue weighted by Crippen LogP contribution is 2.26. The minimum absolute atomic E-state index is 0.922. The number of anilines is 1. The van der Waals surface area contributed by atoms with Gasteiger partial charge in [0.1, 0.15) is 5.82 Å². The van der Waals surface area contributed by atoms with Crippen molar-refractivity contribution in [1.82, 2.24) is 10.3 Å². The van der Waals surface area contributed by atoms with Crippen molar-refractivity contribution in [3.8, 4) is 0 Å². The summed E-state index contributed by atoms with van der Waals surface area (Å²) in [7, 11) is 0. The summed E-state index contributed by atoms with van der Waals surface area (Å²) in [6.45, 7) is 8.86. The molecule has 0 aromatic carbocycles. The van der Waals surface area contributed by atoms with Gasteiger partial charge >= 0.3 is 0 Å². The fourth-order valence-electron chi connectivity index (χ4n) is 3.33. The summed E-state index contributed by atoms with van der Waals surface area (Å²) in [6, 6.07) is 4.28. The van der Waals surface area contributed by atoms with Crippen molar-refractivity contribution in [1.29, 1.82) is 0 Å². The van der Waals surface area contributed by atoms with Crippen LogP contribution in [0.15, 0.2) is 18.3 Å². The molecule has 0 radical (unpaired) electrons. The zero-order valence-electron chi connectivity index (χ0n) is 13.8. The maximum absolute atomic E-state index is 4.68. The predicted octanol–water partition coefficient (Wildman–Crippen LogP) is 3.99. The minimum Gasteiger partial charge on any atom is -0.356 e. The van der Waals surface area contributed by atoms with Crippen LogP contribution in [0, 0.1) is 5.92 Å². The molecule has 0 bridgehead atoms. The van der Waals surface area contributed by atoms with Crippen LogP contribution in [-0.4, -0.2) is 24.6 Å². The second kappa shape index (κ2) is 9.04. The van der Waals surface area contributed by atoms with Gasteiger partial charge in [-0.3, -0.25) is 0 Å². The van der Waals surface area contributed by atoms with Gasteiger partial charge in [-0.1, -0.05) is 32.8 Å². The standard InChI is InChI=1S/C18H31N3/c1-3-7-16-8-6-13-21(14-10-16)18-17(9-5-12-20-18)15-19-11-4-2/h5,9,12,16,19H,3-4,6-8,10-11,13-15H2,1-2H3. The first-order valence-electron chi connectivity index (χ1n) is 8.74. The number of nitrogens with zero attached hydrogens (tertiary/aromatic N) is 2. The van der Waals surface area contributed by atoms with Gasteiger partial charge in [0.15, 0.2) is 0 Å². The fourth-order valence-corrected chi connectivity index (χ4v) is 3.33. The molecule has 0 amide bonds. The van der Waals surface area contributed by atoms with E-state index >= 15 is 0 Å². The van der Waals surface area contributed by atoms with Crippen molar-refractivity contribution in [3.63, 3.8) is 0 Å². The Hall–Kier alpha value is -1.09. The van der Waals surface area contributed by atoms with Crippen molar-refractivity contribution in [2.75, 3.05) is 24.5 Å². The zero-order valence-corrected chi connectivity index (χ0v) is 13.8. The minimum atomic E-state index is 0.922. The number of nitrogens with one attached hydrogen (secondary N) is 1. The smallest absolute Gasteiger partial charge is 0.133 e. The second-order valence-electron chi connectivity index (χ2n) is 6.24. The van der Waals surface area contributed by atoms with E-state index in [0.29, 0.717) is 0 Å². The molecule has 3 nitrogen and oxygen atoms in total. The van der Waals surface area contributed by atoms with Crippen molar-refractivity contribution in [2.45, 2.75) is 58.9 Å². The Labute approximate surface area is 130 Å². The van der Waals surface area contributed by atoms with E-state index in [1.54, 1.807) is 0 Å². The van der Waals surface area contributed by atoms with Gasteiger partial charge in [-0.05, 0) is 44.2 Å². The topological polar surface area (TPSA) is 28.2 Å². The van der Waals surface area contributed by atoms with Crippen LogP contribution in [0.3, 0.4) is 0 Å². The summed E-state index contributed by atoms with van der Waals surface area (Å²) in [5.74, 6) is 2.13. The lowest BCUT2D eigenvalue weighted by Crippen LogP contribution is -2.27. The number of pyridine rings is 1. The maximum Gasteiger partial charge on any atom is 0.133 e.